The number of phenols is 1. The fraction of sp³-hybridized carbons (Fsp3) is 0.158. The second kappa shape index (κ2) is 6.99. The van der Waals surface area contributed by atoms with Crippen LogP contribution >= 0.6 is 0 Å². The molecule has 5 nitrogen and oxygen atoms in total. The number of phenolic OH excluding ortho intramolecular Hbond substituents is 1. The Morgan fingerprint density at radius 3 is 2.36 bits per heavy atom. The average Bonchev–Trinajstić information content (AvgIpc) is 2.64. The highest BCUT2D eigenvalue weighted by Gasteiger charge is 2.28. The maximum absolute atomic E-state index is 14.6. The van der Waals surface area contributed by atoms with Gasteiger partial charge in [0.1, 0.15) is 11.3 Å². The van der Waals surface area contributed by atoms with Crippen LogP contribution in [0.1, 0.15) is 22.8 Å². The molecule has 0 aliphatic heterocycles. The summed E-state index contributed by atoms with van der Waals surface area (Å²) in [4.78, 5) is 24.7. The molecule has 0 fully saturated rings. The smallest absolute Gasteiger partial charge is 0.343 e. The second-order valence-corrected chi connectivity index (χ2v) is 5.91. The fourth-order valence-electron chi connectivity index (χ4n) is 2.89. The highest BCUT2D eigenvalue weighted by atomic mass is 19.2. The highest BCUT2D eigenvalue weighted by molar-refractivity contribution is 5.94. The first-order valence-corrected chi connectivity index (χ1v) is 8.07. The quantitative estimate of drug-likeness (QED) is 0.318. The molecule has 0 aliphatic rings. The third-order valence-electron chi connectivity index (χ3n) is 4.15. The van der Waals surface area contributed by atoms with E-state index in [1.165, 1.54) is 32.0 Å². The number of hydrogen-bond donors (Lipinski definition) is 1. The van der Waals surface area contributed by atoms with Gasteiger partial charge in [-0.25, -0.2) is 22.4 Å². The molecular weight excluding hydrogens is 382 g/mol. The number of aryl methyl sites for hydroxylation is 1. The molecule has 146 valence electrons. The fourth-order valence-corrected chi connectivity index (χ4v) is 2.89. The van der Waals surface area contributed by atoms with Crippen LogP contribution in [0.3, 0.4) is 0 Å². The first-order chi connectivity index (χ1) is 13.2. The van der Waals surface area contributed by atoms with Gasteiger partial charge in [0.05, 0.1) is 17.5 Å². The summed E-state index contributed by atoms with van der Waals surface area (Å²) in [5, 5.41) is 8.43. The van der Waals surface area contributed by atoms with E-state index in [1.54, 1.807) is 0 Å². The first-order valence-electron chi connectivity index (χ1n) is 8.07. The zero-order valence-electron chi connectivity index (χ0n) is 14.6. The number of pyridine rings is 1. The lowest BCUT2D eigenvalue weighted by Gasteiger charge is -2.17. The van der Waals surface area contributed by atoms with E-state index in [9.17, 15) is 32.3 Å². The number of rotatable bonds is 3. The molecule has 2 aromatic carbocycles. The summed E-state index contributed by atoms with van der Waals surface area (Å²) in [6.45, 7) is 2.86. The van der Waals surface area contributed by atoms with Crippen molar-refractivity contribution in [3.05, 3.63) is 69.0 Å². The van der Waals surface area contributed by atoms with E-state index in [0.717, 1.165) is 10.8 Å². The third kappa shape index (κ3) is 2.88. The van der Waals surface area contributed by atoms with Crippen molar-refractivity contribution in [1.29, 1.82) is 0 Å². The van der Waals surface area contributed by atoms with Gasteiger partial charge in [0, 0.05) is 11.9 Å². The number of fused-ring (bicyclic) bond motifs is 1. The highest BCUT2D eigenvalue weighted by Crippen LogP contribution is 2.29. The van der Waals surface area contributed by atoms with Crippen molar-refractivity contribution in [3.8, 4) is 11.4 Å². The molecule has 9 heteroatoms. The lowest BCUT2D eigenvalue weighted by atomic mass is 10.1. The van der Waals surface area contributed by atoms with Crippen molar-refractivity contribution in [2.45, 2.75) is 13.8 Å². The summed E-state index contributed by atoms with van der Waals surface area (Å²) < 4.78 is 62.2. The Bertz CT molecular complexity index is 1190. The predicted molar refractivity (Wildman–Crippen MR) is 91.7 cm³/mol. The summed E-state index contributed by atoms with van der Waals surface area (Å²) in [5.41, 5.74) is -2.49. The van der Waals surface area contributed by atoms with Gasteiger partial charge in [0.15, 0.2) is 23.3 Å². The standard InChI is InChI=1S/C19H13F4NO4/c1-3-28-19(27)10-7-24(11-5-4-9(25)6-8(11)2)17-12(18(10)26)13(20)14(21)15(22)16(17)23/h4-7,25H,3H2,1-2H3. The zero-order valence-corrected chi connectivity index (χ0v) is 14.6. The van der Waals surface area contributed by atoms with E-state index in [-0.39, 0.29) is 18.0 Å². The minimum Gasteiger partial charge on any atom is -0.508 e. The largest absolute Gasteiger partial charge is 0.508 e. The molecule has 3 aromatic rings. The van der Waals surface area contributed by atoms with Crippen LogP contribution in [0.2, 0.25) is 0 Å². The van der Waals surface area contributed by atoms with E-state index < -0.39 is 51.1 Å². The van der Waals surface area contributed by atoms with Gasteiger partial charge in [-0.2, -0.15) is 0 Å². The van der Waals surface area contributed by atoms with Crippen molar-refractivity contribution >= 4 is 16.9 Å². The van der Waals surface area contributed by atoms with Gasteiger partial charge in [0.25, 0.3) is 0 Å². The minimum absolute atomic E-state index is 0.0951. The first kappa shape index (κ1) is 19.4. The van der Waals surface area contributed by atoms with Crippen LogP contribution < -0.4 is 5.43 Å². The normalized spacial score (nSPS) is 11.1. The second-order valence-electron chi connectivity index (χ2n) is 5.91. The maximum atomic E-state index is 14.6. The van der Waals surface area contributed by atoms with Crippen LogP contribution in [0.5, 0.6) is 5.75 Å². The molecule has 0 spiro atoms. The Morgan fingerprint density at radius 1 is 1.11 bits per heavy atom. The minimum atomic E-state index is -2.17. The van der Waals surface area contributed by atoms with Crippen LogP contribution in [-0.4, -0.2) is 22.2 Å². The van der Waals surface area contributed by atoms with Gasteiger partial charge in [0.2, 0.25) is 5.43 Å². The third-order valence-corrected chi connectivity index (χ3v) is 4.15. The monoisotopic (exact) mass is 395 g/mol. The number of carbonyl (C=O) groups excluding carboxylic acids is 1. The summed E-state index contributed by atoms with van der Waals surface area (Å²) in [6, 6.07) is 3.77. The number of benzene rings is 2. The molecule has 0 bridgehead atoms. The zero-order chi connectivity index (χ0) is 20.7. The molecule has 0 saturated carbocycles. The van der Waals surface area contributed by atoms with E-state index in [2.05, 4.69) is 0 Å². The predicted octanol–water partition coefficient (Wildman–Crippen LogP) is 3.74. The van der Waals surface area contributed by atoms with E-state index in [1.807, 2.05) is 0 Å². The number of aromatic nitrogens is 1. The molecule has 1 heterocycles. The maximum Gasteiger partial charge on any atom is 0.343 e. The molecule has 1 N–H and O–H groups in total. The van der Waals surface area contributed by atoms with E-state index >= 15 is 0 Å². The number of halogens is 4. The molecule has 0 unspecified atom stereocenters. The Kier molecular flexibility index (Phi) is 4.84. The molecule has 0 amide bonds. The molecule has 28 heavy (non-hydrogen) atoms. The van der Waals surface area contributed by atoms with Gasteiger partial charge in [-0.05, 0) is 37.6 Å². The number of esters is 1. The Balaban J connectivity index is 2.57. The Labute approximate surface area is 155 Å². The summed E-state index contributed by atoms with van der Waals surface area (Å²) in [7, 11) is 0. The van der Waals surface area contributed by atoms with Gasteiger partial charge in [-0.15, -0.1) is 0 Å². The number of hydrogen-bond acceptors (Lipinski definition) is 4. The van der Waals surface area contributed by atoms with Gasteiger partial charge in [-0.1, -0.05) is 0 Å². The van der Waals surface area contributed by atoms with Crippen molar-refractivity contribution in [1.82, 2.24) is 4.57 Å². The van der Waals surface area contributed by atoms with Crippen LogP contribution in [0.15, 0.2) is 29.2 Å². The van der Waals surface area contributed by atoms with Crippen molar-refractivity contribution in [2.24, 2.45) is 0 Å². The molecule has 0 saturated heterocycles. The van der Waals surface area contributed by atoms with Crippen LogP contribution in [0.4, 0.5) is 17.6 Å². The SMILES string of the molecule is CCOC(=O)c1cn(-c2ccc(O)cc2C)c2c(F)c(F)c(F)c(F)c2c1=O. The van der Waals surface area contributed by atoms with Crippen LogP contribution in [0.25, 0.3) is 16.6 Å². The van der Waals surface area contributed by atoms with Crippen LogP contribution in [0, 0.1) is 30.2 Å². The lowest BCUT2D eigenvalue weighted by Crippen LogP contribution is -2.23. The average molecular weight is 395 g/mol. The van der Waals surface area contributed by atoms with Crippen LogP contribution in [-0.2, 0) is 4.74 Å². The molecule has 0 atom stereocenters. The number of aromatic hydroxyl groups is 1. The summed E-state index contributed by atoms with van der Waals surface area (Å²) in [6.07, 6.45) is 0.863. The molecule has 0 radical (unpaired) electrons. The molecule has 0 aliphatic carbocycles. The van der Waals surface area contributed by atoms with Crippen molar-refractivity contribution in [3.63, 3.8) is 0 Å². The topological polar surface area (TPSA) is 68.5 Å². The van der Waals surface area contributed by atoms with Gasteiger partial charge < -0.3 is 14.4 Å². The summed E-state index contributed by atoms with van der Waals surface area (Å²) in [5.74, 6) is -9.26. The Morgan fingerprint density at radius 2 is 1.75 bits per heavy atom. The number of nitrogens with zero attached hydrogens (tertiary/aromatic N) is 1. The van der Waals surface area contributed by atoms with Gasteiger partial charge >= 0.3 is 5.97 Å². The lowest BCUT2D eigenvalue weighted by molar-refractivity contribution is 0.0524. The molecular formula is C19H13F4NO4. The number of ether oxygens (including phenoxy) is 1. The van der Waals surface area contributed by atoms with Crippen molar-refractivity contribution < 1.29 is 32.2 Å². The molecule has 3 rings (SSSR count). The molecule has 1 aromatic heterocycles. The number of carbonyl (C=O) groups is 1. The summed E-state index contributed by atoms with van der Waals surface area (Å²) >= 11 is 0. The van der Waals surface area contributed by atoms with Gasteiger partial charge in [-0.3, -0.25) is 4.79 Å². The Hall–Kier alpha value is -3.36. The van der Waals surface area contributed by atoms with E-state index in [0.29, 0.717) is 5.56 Å². The van der Waals surface area contributed by atoms with E-state index in [4.69, 9.17) is 4.74 Å². The van der Waals surface area contributed by atoms with Crippen molar-refractivity contribution in [2.75, 3.05) is 6.61 Å².